The van der Waals surface area contributed by atoms with Gasteiger partial charge in [-0.1, -0.05) is 19.8 Å². The second kappa shape index (κ2) is 6.43. The maximum absolute atomic E-state index is 13.2. The number of hydrogen-bond acceptors (Lipinski definition) is 3. The number of piperazine rings is 1. The Bertz CT molecular complexity index is 587. The van der Waals surface area contributed by atoms with E-state index in [2.05, 4.69) is 26.7 Å². The average Bonchev–Trinajstić information content (AvgIpc) is 2.91. The van der Waals surface area contributed by atoms with Crippen LogP contribution in [0.2, 0.25) is 0 Å². The molecule has 1 aromatic heterocycles. The van der Waals surface area contributed by atoms with Gasteiger partial charge in [-0.25, -0.2) is 9.37 Å². The van der Waals surface area contributed by atoms with E-state index in [1.54, 1.807) is 6.07 Å². The van der Waals surface area contributed by atoms with E-state index >= 15 is 0 Å². The van der Waals surface area contributed by atoms with Crippen molar-refractivity contribution < 1.29 is 4.39 Å². The normalized spacial score (nSPS) is 16.8. The zero-order chi connectivity index (χ0) is 14.7. The molecule has 0 aliphatic carbocycles. The van der Waals surface area contributed by atoms with Gasteiger partial charge in [-0.05, 0) is 25.1 Å². The van der Waals surface area contributed by atoms with Crippen molar-refractivity contribution in [3.63, 3.8) is 0 Å². The Morgan fingerprint density at radius 1 is 1.19 bits per heavy atom. The van der Waals surface area contributed by atoms with Crippen molar-refractivity contribution in [3.05, 3.63) is 30.9 Å². The second-order valence-corrected chi connectivity index (χ2v) is 5.61. The molecule has 2 heterocycles. The van der Waals surface area contributed by atoms with Gasteiger partial charge in [-0.3, -0.25) is 4.90 Å². The quantitative estimate of drug-likeness (QED) is 0.860. The molecular weight excluding hydrogens is 267 g/mol. The zero-order valence-electron chi connectivity index (χ0n) is 12.3. The van der Waals surface area contributed by atoms with Crippen LogP contribution in [-0.4, -0.2) is 47.6 Å². The number of aromatic amines is 1. The molecule has 0 saturated carbocycles. The molecule has 0 unspecified atom stereocenters. The summed E-state index contributed by atoms with van der Waals surface area (Å²) in [5, 5.41) is 0. The monoisotopic (exact) mass is 289 g/mol. The number of H-pyrrole nitrogens is 1. The molecule has 2 aromatic rings. The lowest BCUT2D eigenvalue weighted by atomic mass is 10.2. The third-order valence-corrected chi connectivity index (χ3v) is 4.08. The molecule has 1 fully saturated rings. The predicted octanol–water partition coefficient (Wildman–Crippen LogP) is 2.83. The van der Waals surface area contributed by atoms with Crippen LogP contribution >= 0.6 is 0 Å². The number of imidazole rings is 1. The molecular formula is C16H22FN4. The maximum Gasteiger partial charge on any atom is 0.203 e. The highest BCUT2D eigenvalue weighted by molar-refractivity contribution is 5.77. The largest absolute Gasteiger partial charge is 0.340 e. The molecule has 21 heavy (non-hydrogen) atoms. The zero-order valence-corrected chi connectivity index (χ0v) is 12.3. The highest BCUT2D eigenvalue weighted by atomic mass is 19.1. The summed E-state index contributed by atoms with van der Waals surface area (Å²) in [6.07, 6.45) is 3.46. The highest BCUT2D eigenvalue weighted by Crippen LogP contribution is 2.19. The first kappa shape index (κ1) is 14.3. The van der Waals surface area contributed by atoms with Gasteiger partial charge in [0.25, 0.3) is 0 Å². The van der Waals surface area contributed by atoms with E-state index in [9.17, 15) is 4.39 Å². The van der Waals surface area contributed by atoms with Crippen molar-refractivity contribution in [2.24, 2.45) is 0 Å². The second-order valence-electron chi connectivity index (χ2n) is 5.61. The summed E-state index contributed by atoms with van der Waals surface area (Å²) in [5.74, 6) is 0.615. The van der Waals surface area contributed by atoms with Crippen LogP contribution in [0, 0.1) is 12.7 Å². The SMILES string of the molecule is [CH2]CCCCN1CCN(c2nc3cc(F)ccc3[nH]2)CC1. The minimum Gasteiger partial charge on any atom is -0.340 e. The maximum atomic E-state index is 13.2. The summed E-state index contributed by atoms with van der Waals surface area (Å²) in [6, 6.07) is 4.69. The number of unbranched alkanes of at least 4 members (excludes halogenated alkanes) is 2. The van der Waals surface area contributed by atoms with Crippen molar-refractivity contribution >= 4 is 17.0 Å². The van der Waals surface area contributed by atoms with Crippen LogP contribution in [0.3, 0.4) is 0 Å². The molecule has 1 N–H and O–H groups in total. The number of aromatic nitrogens is 2. The Morgan fingerprint density at radius 3 is 2.76 bits per heavy atom. The molecule has 5 heteroatoms. The van der Waals surface area contributed by atoms with E-state index in [0.717, 1.165) is 50.6 Å². The van der Waals surface area contributed by atoms with Crippen molar-refractivity contribution in [2.45, 2.75) is 19.3 Å². The summed E-state index contributed by atoms with van der Waals surface area (Å²) in [7, 11) is 0. The van der Waals surface area contributed by atoms with Crippen LogP contribution in [0.4, 0.5) is 10.3 Å². The van der Waals surface area contributed by atoms with Gasteiger partial charge in [0.1, 0.15) is 5.82 Å². The summed E-state index contributed by atoms with van der Waals surface area (Å²) < 4.78 is 13.2. The number of hydrogen-bond donors (Lipinski definition) is 1. The molecule has 0 bridgehead atoms. The molecule has 1 aliphatic heterocycles. The third kappa shape index (κ3) is 3.35. The first-order valence-electron chi connectivity index (χ1n) is 7.68. The number of anilines is 1. The first-order chi connectivity index (χ1) is 10.3. The Labute approximate surface area is 125 Å². The summed E-state index contributed by atoms with van der Waals surface area (Å²) in [5.41, 5.74) is 1.59. The van der Waals surface area contributed by atoms with Crippen molar-refractivity contribution in [1.29, 1.82) is 0 Å². The minimum absolute atomic E-state index is 0.240. The molecule has 1 radical (unpaired) electrons. The fraction of sp³-hybridized carbons (Fsp3) is 0.500. The van der Waals surface area contributed by atoms with Crippen molar-refractivity contribution in [3.8, 4) is 0 Å². The fourth-order valence-corrected chi connectivity index (χ4v) is 2.81. The lowest BCUT2D eigenvalue weighted by Gasteiger charge is -2.34. The van der Waals surface area contributed by atoms with Crippen LogP contribution in [0.1, 0.15) is 19.3 Å². The van der Waals surface area contributed by atoms with Gasteiger partial charge in [-0.15, -0.1) is 0 Å². The van der Waals surface area contributed by atoms with E-state index in [-0.39, 0.29) is 5.82 Å². The minimum atomic E-state index is -0.240. The number of nitrogens with zero attached hydrogens (tertiary/aromatic N) is 3. The number of nitrogens with one attached hydrogen (secondary N) is 1. The first-order valence-corrected chi connectivity index (χ1v) is 7.68. The Kier molecular flexibility index (Phi) is 4.39. The Hall–Kier alpha value is -1.62. The lowest BCUT2D eigenvalue weighted by molar-refractivity contribution is 0.252. The molecule has 1 saturated heterocycles. The summed E-state index contributed by atoms with van der Waals surface area (Å²) in [4.78, 5) is 12.5. The molecule has 113 valence electrons. The van der Waals surface area contributed by atoms with Gasteiger partial charge in [0.2, 0.25) is 5.95 Å². The lowest BCUT2D eigenvalue weighted by Crippen LogP contribution is -2.47. The number of fused-ring (bicyclic) bond motifs is 1. The summed E-state index contributed by atoms with van der Waals surface area (Å²) in [6.45, 7) is 9.09. The van der Waals surface area contributed by atoms with Gasteiger partial charge in [0.15, 0.2) is 0 Å². The van der Waals surface area contributed by atoms with Crippen LogP contribution < -0.4 is 4.90 Å². The average molecular weight is 289 g/mol. The van der Waals surface area contributed by atoms with Gasteiger partial charge in [-0.2, -0.15) is 0 Å². The molecule has 0 spiro atoms. The fourth-order valence-electron chi connectivity index (χ4n) is 2.81. The predicted molar refractivity (Wildman–Crippen MR) is 83.9 cm³/mol. The Morgan fingerprint density at radius 2 is 2.00 bits per heavy atom. The number of halogens is 1. The molecule has 3 rings (SSSR count). The van der Waals surface area contributed by atoms with E-state index in [1.807, 2.05) is 0 Å². The van der Waals surface area contributed by atoms with Gasteiger partial charge < -0.3 is 9.88 Å². The van der Waals surface area contributed by atoms with E-state index in [1.165, 1.54) is 25.0 Å². The third-order valence-electron chi connectivity index (χ3n) is 4.08. The topological polar surface area (TPSA) is 35.2 Å². The van der Waals surface area contributed by atoms with Crippen molar-refractivity contribution in [1.82, 2.24) is 14.9 Å². The smallest absolute Gasteiger partial charge is 0.203 e. The Balaban J connectivity index is 1.60. The van der Waals surface area contributed by atoms with Crippen molar-refractivity contribution in [2.75, 3.05) is 37.6 Å². The molecule has 4 nitrogen and oxygen atoms in total. The molecule has 0 amide bonds. The van der Waals surface area contributed by atoms with Gasteiger partial charge in [0.05, 0.1) is 11.0 Å². The molecule has 1 aromatic carbocycles. The molecule has 0 atom stereocenters. The summed E-state index contributed by atoms with van der Waals surface area (Å²) >= 11 is 0. The number of rotatable bonds is 5. The molecule has 1 aliphatic rings. The van der Waals surface area contributed by atoms with Crippen LogP contribution in [0.25, 0.3) is 11.0 Å². The van der Waals surface area contributed by atoms with E-state index in [0.29, 0.717) is 5.52 Å². The van der Waals surface area contributed by atoms with Crippen LogP contribution in [-0.2, 0) is 0 Å². The van der Waals surface area contributed by atoms with E-state index in [4.69, 9.17) is 0 Å². The highest BCUT2D eigenvalue weighted by Gasteiger charge is 2.19. The van der Waals surface area contributed by atoms with Crippen LogP contribution in [0.5, 0.6) is 0 Å². The van der Waals surface area contributed by atoms with E-state index < -0.39 is 0 Å². The van der Waals surface area contributed by atoms with Gasteiger partial charge in [0, 0.05) is 32.2 Å². The number of benzene rings is 1. The van der Waals surface area contributed by atoms with Gasteiger partial charge >= 0.3 is 0 Å². The van der Waals surface area contributed by atoms with Crippen LogP contribution in [0.15, 0.2) is 18.2 Å². The standard InChI is InChI=1S/C16H22FN4/c1-2-3-4-7-20-8-10-21(11-9-20)16-18-14-6-5-13(17)12-15(14)19-16/h5-6,12H,1-4,7-11H2,(H,18,19).